The molecule has 0 bridgehead atoms. The summed E-state index contributed by atoms with van der Waals surface area (Å²) in [6.07, 6.45) is 2.43. The van der Waals surface area contributed by atoms with E-state index in [1.54, 1.807) is 13.0 Å². The number of piperazine rings is 1. The van der Waals surface area contributed by atoms with Crippen LogP contribution in [0.4, 0.5) is 24.7 Å². The number of halogens is 3. The second-order valence-corrected chi connectivity index (χ2v) is 13.7. The summed E-state index contributed by atoms with van der Waals surface area (Å²) in [4.78, 5) is 30.3. The minimum Gasteiger partial charge on any atom is -0.463 e. The van der Waals surface area contributed by atoms with Crippen LogP contribution in [0.2, 0.25) is 0 Å². The Kier molecular flexibility index (Phi) is 8.66. The van der Waals surface area contributed by atoms with Gasteiger partial charge in [-0.1, -0.05) is 24.8 Å². The minimum absolute atomic E-state index is 0.0374. The molecule has 1 aromatic heterocycles. The van der Waals surface area contributed by atoms with E-state index in [9.17, 15) is 23.2 Å². The van der Waals surface area contributed by atoms with Crippen molar-refractivity contribution in [2.45, 2.75) is 57.8 Å². The number of aryl methyl sites for hydroxylation is 1. The molecule has 3 aliphatic heterocycles. The molecule has 48 heavy (non-hydrogen) atoms. The molecule has 1 aliphatic carbocycles. The van der Waals surface area contributed by atoms with Gasteiger partial charge in [-0.3, -0.25) is 9.69 Å². The maximum Gasteiger partial charge on any atom is 0.318 e. The summed E-state index contributed by atoms with van der Waals surface area (Å²) in [6, 6.07) is 11.1. The highest BCUT2D eigenvalue weighted by molar-refractivity contribution is 5.97. The number of anilines is 2. The van der Waals surface area contributed by atoms with Gasteiger partial charge in [0.2, 0.25) is 0 Å². The van der Waals surface area contributed by atoms with Crippen LogP contribution in [0.15, 0.2) is 42.7 Å². The summed E-state index contributed by atoms with van der Waals surface area (Å²) in [5.74, 6) is -1.41. The van der Waals surface area contributed by atoms with Crippen LogP contribution in [0.5, 0.6) is 6.01 Å². The van der Waals surface area contributed by atoms with Gasteiger partial charge in [0, 0.05) is 67.9 Å². The molecule has 0 unspecified atom stereocenters. The predicted molar refractivity (Wildman–Crippen MR) is 177 cm³/mol. The molecule has 0 N–H and O–H groups in total. The largest absolute Gasteiger partial charge is 0.463 e. The molecule has 4 aliphatic rings. The Labute approximate surface area is 278 Å². The first kappa shape index (κ1) is 32.2. The van der Waals surface area contributed by atoms with Crippen LogP contribution in [0.1, 0.15) is 42.5 Å². The highest BCUT2D eigenvalue weighted by Gasteiger charge is 2.46. The van der Waals surface area contributed by atoms with Gasteiger partial charge in [0.15, 0.2) is 5.83 Å². The molecular weight excluding hydrogens is 619 g/mol. The molecule has 2 aromatic carbocycles. The van der Waals surface area contributed by atoms with Gasteiger partial charge < -0.3 is 19.4 Å². The van der Waals surface area contributed by atoms with Crippen molar-refractivity contribution in [3.63, 3.8) is 0 Å². The SMILES string of the molecule is C=C(F)C(=O)N1CCN(c2nc(OCC3(CN4CC[C@@H](F)C4)CC3)nc3c2CCN(c2cccc4ccc(F)c(C)c24)C3)C[C@@H]1CC#N. The van der Waals surface area contributed by atoms with Gasteiger partial charge in [0.05, 0.1) is 37.4 Å². The van der Waals surface area contributed by atoms with Gasteiger partial charge >= 0.3 is 6.01 Å². The lowest BCUT2D eigenvalue weighted by molar-refractivity contribution is -0.131. The first-order chi connectivity index (χ1) is 23.1. The van der Waals surface area contributed by atoms with E-state index in [1.165, 1.54) is 11.0 Å². The van der Waals surface area contributed by atoms with Crippen LogP contribution in [-0.4, -0.2) is 90.3 Å². The lowest BCUT2D eigenvalue weighted by Crippen LogP contribution is -2.55. The van der Waals surface area contributed by atoms with Crippen LogP contribution >= 0.6 is 0 Å². The molecule has 0 radical (unpaired) electrons. The second-order valence-electron chi connectivity index (χ2n) is 13.7. The van der Waals surface area contributed by atoms with E-state index >= 15 is 0 Å². The summed E-state index contributed by atoms with van der Waals surface area (Å²) in [6.45, 7) is 9.39. The van der Waals surface area contributed by atoms with Crippen molar-refractivity contribution in [1.29, 1.82) is 5.26 Å². The molecular formula is C36H40F3N7O2. The number of benzene rings is 2. The number of amides is 1. The smallest absolute Gasteiger partial charge is 0.318 e. The van der Waals surface area contributed by atoms with Crippen molar-refractivity contribution in [3.8, 4) is 12.1 Å². The van der Waals surface area contributed by atoms with E-state index in [0.717, 1.165) is 53.6 Å². The Morgan fingerprint density at radius 2 is 1.96 bits per heavy atom. The average Bonchev–Trinajstić information content (AvgIpc) is 3.73. The first-order valence-electron chi connectivity index (χ1n) is 16.7. The van der Waals surface area contributed by atoms with Crippen molar-refractivity contribution in [2.75, 3.05) is 62.2 Å². The van der Waals surface area contributed by atoms with Crippen molar-refractivity contribution in [3.05, 3.63) is 65.4 Å². The van der Waals surface area contributed by atoms with E-state index in [2.05, 4.69) is 22.4 Å². The van der Waals surface area contributed by atoms with Crippen LogP contribution in [0.25, 0.3) is 10.8 Å². The van der Waals surface area contributed by atoms with Gasteiger partial charge in [-0.15, -0.1) is 0 Å². The number of hydrogen-bond donors (Lipinski definition) is 0. The van der Waals surface area contributed by atoms with Crippen LogP contribution in [0.3, 0.4) is 0 Å². The fourth-order valence-corrected chi connectivity index (χ4v) is 7.59. The number of alkyl halides is 1. The quantitative estimate of drug-likeness (QED) is 0.288. The van der Waals surface area contributed by atoms with Crippen molar-refractivity contribution >= 4 is 28.2 Å². The molecule has 1 amide bonds. The molecule has 3 fully saturated rings. The van der Waals surface area contributed by atoms with Crippen LogP contribution in [0, 0.1) is 29.5 Å². The number of nitriles is 1. The maximum absolute atomic E-state index is 14.7. The Bertz CT molecular complexity index is 1790. The normalized spacial score (nSPS) is 22.0. The summed E-state index contributed by atoms with van der Waals surface area (Å²) in [7, 11) is 0. The molecule has 2 atom stereocenters. The van der Waals surface area contributed by atoms with Gasteiger partial charge in [-0.25, -0.2) is 13.2 Å². The first-order valence-corrected chi connectivity index (χ1v) is 16.7. The van der Waals surface area contributed by atoms with E-state index in [-0.39, 0.29) is 30.2 Å². The van der Waals surface area contributed by atoms with E-state index < -0.39 is 23.9 Å². The molecule has 1 saturated carbocycles. The number of carbonyl (C=O) groups excluding carboxylic acids is 1. The Morgan fingerprint density at radius 1 is 1.12 bits per heavy atom. The zero-order valence-electron chi connectivity index (χ0n) is 27.2. The molecule has 4 heterocycles. The maximum atomic E-state index is 14.7. The number of nitrogens with zero attached hydrogens (tertiary/aromatic N) is 7. The van der Waals surface area contributed by atoms with E-state index in [1.807, 2.05) is 23.1 Å². The average molecular weight is 660 g/mol. The lowest BCUT2D eigenvalue weighted by Gasteiger charge is -2.42. The fraction of sp³-hybridized carbons (Fsp3) is 0.500. The molecule has 252 valence electrons. The molecule has 0 spiro atoms. The molecule has 7 rings (SSSR count). The Balaban J connectivity index is 1.20. The highest BCUT2D eigenvalue weighted by atomic mass is 19.1. The number of carbonyl (C=O) groups is 1. The van der Waals surface area contributed by atoms with Gasteiger partial charge in [0.25, 0.3) is 5.91 Å². The zero-order valence-corrected chi connectivity index (χ0v) is 27.2. The summed E-state index contributed by atoms with van der Waals surface area (Å²) < 4.78 is 48.9. The fourth-order valence-electron chi connectivity index (χ4n) is 7.59. The molecule has 12 heteroatoms. The van der Waals surface area contributed by atoms with Crippen molar-refractivity contribution < 1.29 is 22.7 Å². The van der Waals surface area contributed by atoms with E-state index in [0.29, 0.717) is 63.6 Å². The van der Waals surface area contributed by atoms with Crippen LogP contribution < -0.4 is 14.5 Å². The Hall–Kier alpha value is -4.37. The number of hydrogen-bond acceptors (Lipinski definition) is 8. The number of ether oxygens (including phenoxy) is 1. The molecule has 9 nitrogen and oxygen atoms in total. The number of likely N-dealkylation sites (tertiary alicyclic amines) is 1. The second kappa shape index (κ2) is 12.9. The third-order valence-corrected chi connectivity index (χ3v) is 10.4. The van der Waals surface area contributed by atoms with Crippen LogP contribution in [-0.2, 0) is 17.8 Å². The monoisotopic (exact) mass is 659 g/mol. The third kappa shape index (κ3) is 6.28. The molecule has 2 saturated heterocycles. The topological polar surface area (TPSA) is 88.8 Å². The van der Waals surface area contributed by atoms with Crippen molar-refractivity contribution in [2.24, 2.45) is 5.41 Å². The minimum atomic E-state index is -1.05. The number of fused-ring (bicyclic) bond motifs is 2. The summed E-state index contributed by atoms with van der Waals surface area (Å²) in [5, 5.41) is 11.4. The van der Waals surface area contributed by atoms with Gasteiger partial charge in [-0.2, -0.15) is 15.2 Å². The summed E-state index contributed by atoms with van der Waals surface area (Å²) >= 11 is 0. The standard InChI is InChI=1S/C36H40F3N7O2/c1-23-29(39)7-6-25-4-3-5-31(32(23)25)44-15-10-28-30(20-44)41-35(48-22-36(11-12-36)21-43-14-9-26(38)18-43)42-33(28)45-16-17-46(34(47)24(2)37)27(19-45)8-13-40/h3-7,26-27H,2,8-12,14-22H2,1H3/t26-,27+/m1/s1. The highest BCUT2D eigenvalue weighted by Crippen LogP contribution is 2.47. The van der Waals surface area contributed by atoms with Crippen molar-refractivity contribution in [1.82, 2.24) is 19.8 Å². The third-order valence-electron chi connectivity index (χ3n) is 10.4. The zero-order chi connectivity index (χ0) is 33.6. The summed E-state index contributed by atoms with van der Waals surface area (Å²) in [5.41, 5.74) is 3.22. The van der Waals surface area contributed by atoms with Gasteiger partial charge in [-0.05, 0) is 55.7 Å². The predicted octanol–water partition coefficient (Wildman–Crippen LogP) is 5.26. The number of rotatable bonds is 9. The number of aromatic nitrogens is 2. The molecule has 3 aromatic rings. The van der Waals surface area contributed by atoms with Gasteiger partial charge in [0.1, 0.15) is 17.8 Å². The lowest BCUT2D eigenvalue weighted by atomic mass is 9.99. The van der Waals surface area contributed by atoms with E-state index in [4.69, 9.17) is 14.7 Å². The Morgan fingerprint density at radius 3 is 2.69 bits per heavy atom.